The Morgan fingerprint density at radius 2 is 0.684 bits per heavy atom. The molecule has 0 bridgehead atoms. The van der Waals surface area contributed by atoms with Crippen LogP contribution < -0.4 is 4.90 Å². The summed E-state index contributed by atoms with van der Waals surface area (Å²) < 4.78 is 0. The van der Waals surface area contributed by atoms with Crippen LogP contribution in [-0.2, 0) is 0 Å². The molecule has 0 radical (unpaired) electrons. The molecule has 10 aromatic rings. The van der Waals surface area contributed by atoms with Crippen molar-refractivity contribution >= 4 is 38.6 Å². The Labute approximate surface area is 334 Å². The monoisotopic (exact) mass is 725 g/mol. The van der Waals surface area contributed by atoms with E-state index in [9.17, 15) is 0 Å². The zero-order chi connectivity index (χ0) is 38.0. The third-order valence-corrected chi connectivity index (χ3v) is 11.0. The van der Waals surface area contributed by atoms with Gasteiger partial charge in [-0.2, -0.15) is 0 Å². The van der Waals surface area contributed by atoms with E-state index in [-0.39, 0.29) is 0 Å². The molecule has 0 aliphatic heterocycles. The molecule has 10 aromatic carbocycles. The highest BCUT2D eigenvalue weighted by atomic mass is 15.1. The van der Waals surface area contributed by atoms with E-state index in [0.717, 1.165) is 22.6 Å². The van der Waals surface area contributed by atoms with Crippen molar-refractivity contribution < 1.29 is 0 Å². The van der Waals surface area contributed by atoms with E-state index in [4.69, 9.17) is 0 Å². The molecule has 0 aliphatic rings. The molecule has 1 heteroatoms. The lowest BCUT2D eigenvalue weighted by molar-refractivity contribution is 1.28. The number of nitrogens with zero attached hydrogens (tertiary/aromatic N) is 1. The lowest BCUT2D eigenvalue weighted by atomic mass is 9.84. The average Bonchev–Trinajstić information content (AvgIpc) is 3.30. The zero-order valence-electron chi connectivity index (χ0n) is 31.5. The fraction of sp³-hybridized carbons (Fsp3) is 0. The predicted octanol–water partition coefficient (Wildman–Crippen LogP) is 15.8. The van der Waals surface area contributed by atoms with Gasteiger partial charge in [-0.1, -0.05) is 182 Å². The second-order valence-electron chi connectivity index (χ2n) is 14.5. The quantitative estimate of drug-likeness (QED) is 0.141. The molecule has 57 heavy (non-hydrogen) atoms. The van der Waals surface area contributed by atoms with Gasteiger partial charge in [0.25, 0.3) is 0 Å². The summed E-state index contributed by atoms with van der Waals surface area (Å²) in [6.45, 7) is 0. The first-order valence-corrected chi connectivity index (χ1v) is 19.6. The minimum absolute atomic E-state index is 1.09. The van der Waals surface area contributed by atoms with Crippen molar-refractivity contribution in [2.45, 2.75) is 0 Å². The maximum absolute atomic E-state index is 2.37. The number of anilines is 3. The minimum Gasteiger partial charge on any atom is -0.310 e. The fourth-order valence-electron chi connectivity index (χ4n) is 8.35. The maximum Gasteiger partial charge on any atom is 0.0467 e. The van der Waals surface area contributed by atoms with Crippen LogP contribution in [-0.4, -0.2) is 0 Å². The number of fused-ring (bicyclic) bond motifs is 3. The van der Waals surface area contributed by atoms with Gasteiger partial charge in [0.05, 0.1) is 0 Å². The summed E-state index contributed by atoms with van der Waals surface area (Å²) in [5.74, 6) is 0. The van der Waals surface area contributed by atoms with E-state index in [2.05, 4.69) is 241 Å². The lowest BCUT2D eigenvalue weighted by Crippen LogP contribution is -2.10. The first kappa shape index (κ1) is 34.0. The molecule has 268 valence electrons. The van der Waals surface area contributed by atoms with Crippen LogP contribution in [0.3, 0.4) is 0 Å². The molecule has 0 spiro atoms. The molecule has 0 amide bonds. The van der Waals surface area contributed by atoms with E-state index in [1.54, 1.807) is 0 Å². The molecular formula is C56H39N. The van der Waals surface area contributed by atoms with Crippen LogP contribution >= 0.6 is 0 Å². The van der Waals surface area contributed by atoms with Crippen LogP contribution in [0.2, 0.25) is 0 Å². The van der Waals surface area contributed by atoms with Gasteiger partial charge in [0, 0.05) is 17.1 Å². The van der Waals surface area contributed by atoms with Gasteiger partial charge in [-0.05, 0) is 132 Å². The van der Waals surface area contributed by atoms with Gasteiger partial charge < -0.3 is 4.90 Å². The van der Waals surface area contributed by atoms with Gasteiger partial charge >= 0.3 is 0 Å². The van der Waals surface area contributed by atoms with Crippen LogP contribution in [0.4, 0.5) is 17.1 Å². The van der Waals surface area contributed by atoms with E-state index in [1.807, 2.05) is 0 Å². The predicted molar refractivity (Wildman–Crippen MR) is 243 cm³/mol. The lowest BCUT2D eigenvalue weighted by Gasteiger charge is -2.27. The van der Waals surface area contributed by atoms with E-state index >= 15 is 0 Å². The zero-order valence-corrected chi connectivity index (χ0v) is 31.5. The largest absolute Gasteiger partial charge is 0.310 e. The number of hydrogen-bond acceptors (Lipinski definition) is 1. The SMILES string of the molecule is c1ccc(-c2cc(-c3ccccc3)c(-c3cccc(N(c4ccccc4)c4ccc(-c5cc6ccccc6c6ccccc56)cc4)c3)c(-c3ccccc3)c2)cc1. The summed E-state index contributed by atoms with van der Waals surface area (Å²) in [4.78, 5) is 2.37. The Hall–Kier alpha value is -7.48. The standard InChI is InChI=1S/C56H39N/c1-5-18-40(19-6-1)46-38-54(41-20-7-2-8-21-41)56(55(39-46)42-22-9-3-10-23-42)45-25-17-28-49(36-45)57(47-26-11-4-12-27-47)48-34-32-43(33-35-48)53-37-44-24-13-14-29-50(44)51-30-15-16-31-52(51)53/h1-39H. The fourth-order valence-corrected chi connectivity index (χ4v) is 8.35. The second-order valence-corrected chi connectivity index (χ2v) is 14.5. The first-order chi connectivity index (χ1) is 28.3. The highest BCUT2D eigenvalue weighted by molar-refractivity contribution is 6.13. The normalized spacial score (nSPS) is 11.2. The molecule has 0 aromatic heterocycles. The highest BCUT2D eigenvalue weighted by Gasteiger charge is 2.20. The highest BCUT2D eigenvalue weighted by Crippen LogP contribution is 2.46. The molecule has 10 rings (SSSR count). The second kappa shape index (κ2) is 15.0. The number of para-hydroxylation sites is 1. The van der Waals surface area contributed by atoms with E-state index in [1.165, 1.54) is 71.6 Å². The summed E-state index contributed by atoms with van der Waals surface area (Å²) >= 11 is 0. The summed E-state index contributed by atoms with van der Waals surface area (Å²) in [7, 11) is 0. The smallest absolute Gasteiger partial charge is 0.0467 e. The topological polar surface area (TPSA) is 3.24 Å². The van der Waals surface area contributed by atoms with Gasteiger partial charge in [0.2, 0.25) is 0 Å². The summed E-state index contributed by atoms with van der Waals surface area (Å²) in [5, 5.41) is 5.07. The van der Waals surface area contributed by atoms with Gasteiger partial charge in [0.15, 0.2) is 0 Å². The van der Waals surface area contributed by atoms with E-state index < -0.39 is 0 Å². The molecule has 0 N–H and O–H groups in total. The molecule has 0 saturated carbocycles. The average molecular weight is 726 g/mol. The van der Waals surface area contributed by atoms with Crippen molar-refractivity contribution in [1.29, 1.82) is 0 Å². The molecule has 0 aliphatic carbocycles. The Morgan fingerprint density at radius 3 is 1.32 bits per heavy atom. The van der Waals surface area contributed by atoms with Crippen molar-refractivity contribution in [1.82, 2.24) is 0 Å². The minimum atomic E-state index is 1.09. The third kappa shape index (κ3) is 6.56. The van der Waals surface area contributed by atoms with Gasteiger partial charge in [-0.15, -0.1) is 0 Å². The number of benzene rings is 10. The molecule has 0 atom stereocenters. The van der Waals surface area contributed by atoms with Crippen LogP contribution in [0, 0.1) is 0 Å². The van der Waals surface area contributed by atoms with Crippen molar-refractivity contribution in [3.05, 3.63) is 237 Å². The summed E-state index contributed by atoms with van der Waals surface area (Å²) in [6, 6.07) is 85.6. The van der Waals surface area contributed by atoms with Crippen molar-refractivity contribution in [2.24, 2.45) is 0 Å². The van der Waals surface area contributed by atoms with E-state index in [0.29, 0.717) is 0 Å². The van der Waals surface area contributed by atoms with Crippen molar-refractivity contribution in [2.75, 3.05) is 4.90 Å². The van der Waals surface area contributed by atoms with Crippen LogP contribution in [0.5, 0.6) is 0 Å². The Balaban J connectivity index is 1.14. The molecule has 0 heterocycles. The van der Waals surface area contributed by atoms with Gasteiger partial charge in [0.1, 0.15) is 0 Å². The third-order valence-electron chi connectivity index (χ3n) is 11.0. The van der Waals surface area contributed by atoms with Crippen LogP contribution in [0.15, 0.2) is 237 Å². The van der Waals surface area contributed by atoms with Crippen molar-refractivity contribution in [3.63, 3.8) is 0 Å². The number of rotatable bonds is 8. The molecule has 0 fully saturated rings. The molecular weight excluding hydrogens is 687 g/mol. The van der Waals surface area contributed by atoms with Gasteiger partial charge in [-0.25, -0.2) is 0 Å². The Morgan fingerprint density at radius 1 is 0.228 bits per heavy atom. The van der Waals surface area contributed by atoms with Gasteiger partial charge in [-0.3, -0.25) is 0 Å². The number of hydrogen-bond donors (Lipinski definition) is 0. The molecule has 1 nitrogen and oxygen atoms in total. The first-order valence-electron chi connectivity index (χ1n) is 19.6. The maximum atomic E-state index is 2.37. The van der Waals surface area contributed by atoms with Crippen molar-refractivity contribution in [3.8, 4) is 55.6 Å². The Kier molecular flexibility index (Phi) is 8.95. The Bertz CT molecular complexity index is 2910. The van der Waals surface area contributed by atoms with Crippen LogP contribution in [0.1, 0.15) is 0 Å². The summed E-state index contributed by atoms with van der Waals surface area (Å²) in [5.41, 5.74) is 15.2. The van der Waals surface area contributed by atoms with Crippen LogP contribution in [0.25, 0.3) is 77.2 Å². The summed E-state index contributed by atoms with van der Waals surface area (Å²) in [6.07, 6.45) is 0. The molecule has 0 unspecified atom stereocenters. The molecule has 0 saturated heterocycles.